The van der Waals surface area contributed by atoms with Crippen molar-refractivity contribution in [3.05, 3.63) is 0 Å². The molecule has 1 amide bonds. The fourth-order valence-electron chi connectivity index (χ4n) is 2.05. The second-order valence-electron chi connectivity index (χ2n) is 5.48. The van der Waals surface area contributed by atoms with E-state index in [1.165, 1.54) is 32.1 Å². The maximum Gasteiger partial charge on any atom is 0.320 e. The van der Waals surface area contributed by atoms with Gasteiger partial charge in [0.15, 0.2) is 0 Å². The average Bonchev–Trinajstić information content (AvgIpc) is 2.46. The number of amides is 1. The van der Waals surface area contributed by atoms with Gasteiger partial charge in [-0.1, -0.05) is 51.9 Å². The quantitative estimate of drug-likeness (QED) is 0.275. The first-order chi connectivity index (χ1) is 9.99. The van der Waals surface area contributed by atoms with Crippen LogP contribution in [0.2, 0.25) is 0 Å². The third kappa shape index (κ3) is 11.2. The van der Waals surface area contributed by atoms with Crippen molar-refractivity contribution >= 4 is 11.9 Å². The van der Waals surface area contributed by atoms with Crippen LogP contribution in [0.5, 0.6) is 0 Å². The summed E-state index contributed by atoms with van der Waals surface area (Å²) in [5.74, 6) is -1.59. The number of hydrogen-bond donors (Lipinski definition) is 3. The van der Waals surface area contributed by atoms with Gasteiger partial charge < -0.3 is 10.8 Å². The van der Waals surface area contributed by atoms with Crippen molar-refractivity contribution in [2.24, 2.45) is 5.73 Å². The van der Waals surface area contributed by atoms with Gasteiger partial charge in [0.25, 0.3) is 0 Å². The molecule has 0 aromatic carbocycles. The van der Waals surface area contributed by atoms with E-state index in [0.717, 1.165) is 19.3 Å². The van der Waals surface area contributed by atoms with Crippen LogP contribution in [0.3, 0.4) is 0 Å². The molecule has 0 radical (unpaired) electrons. The fourth-order valence-corrected chi connectivity index (χ4v) is 2.05. The van der Waals surface area contributed by atoms with Crippen LogP contribution in [0.1, 0.15) is 71.1 Å². The van der Waals surface area contributed by atoms with Gasteiger partial charge in [0.05, 0.1) is 0 Å². The molecule has 6 heteroatoms. The highest BCUT2D eigenvalue weighted by molar-refractivity contribution is 5.77. The second kappa shape index (κ2) is 12.6. The van der Waals surface area contributed by atoms with Crippen molar-refractivity contribution in [2.75, 3.05) is 6.54 Å². The van der Waals surface area contributed by atoms with Crippen molar-refractivity contribution in [3.63, 3.8) is 0 Å². The zero-order chi connectivity index (χ0) is 16.1. The Morgan fingerprint density at radius 2 is 1.57 bits per heavy atom. The molecule has 21 heavy (non-hydrogen) atoms. The molecule has 0 unspecified atom stereocenters. The molecule has 6 nitrogen and oxygen atoms in total. The van der Waals surface area contributed by atoms with Crippen molar-refractivity contribution in [2.45, 2.75) is 77.2 Å². The predicted octanol–water partition coefficient (Wildman–Crippen LogP) is 2.54. The van der Waals surface area contributed by atoms with E-state index in [1.807, 2.05) is 0 Å². The normalized spacial score (nSPS) is 12.1. The number of rotatable bonds is 13. The molecule has 0 aliphatic heterocycles. The first kappa shape index (κ1) is 19.9. The minimum atomic E-state index is -1.13. The number of aliphatic carboxylic acids is 1. The number of carbonyl (C=O) groups is 2. The Morgan fingerprint density at radius 3 is 2.10 bits per heavy atom. The van der Waals surface area contributed by atoms with Crippen LogP contribution in [-0.2, 0) is 9.59 Å². The van der Waals surface area contributed by atoms with Gasteiger partial charge in [-0.15, -0.1) is 0 Å². The number of carbonyl (C=O) groups excluding carboxylic acids is 1. The lowest BCUT2D eigenvalue weighted by Gasteiger charge is -2.15. The summed E-state index contributed by atoms with van der Waals surface area (Å²) in [5.41, 5.74) is 5.30. The maximum atomic E-state index is 11.5. The van der Waals surface area contributed by atoms with E-state index in [0.29, 0.717) is 11.6 Å². The molecular formula is C15H30N2O4. The molecule has 4 N–H and O–H groups in total. The standard InChI is InChI=1S/C15H30N2O4/c1-2-3-4-5-6-7-8-9-12-17(21)14(18)11-10-13(16)15(19)20/h13,21H,2-12,16H2,1H3,(H,19,20)/t13-/m0/s1. The van der Waals surface area contributed by atoms with E-state index in [1.54, 1.807) is 0 Å². The number of nitrogens with zero attached hydrogens (tertiary/aromatic N) is 1. The highest BCUT2D eigenvalue weighted by atomic mass is 16.5. The van der Waals surface area contributed by atoms with E-state index in [2.05, 4.69) is 6.92 Å². The summed E-state index contributed by atoms with van der Waals surface area (Å²) in [6.07, 6.45) is 9.15. The largest absolute Gasteiger partial charge is 0.480 e. The van der Waals surface area contributed by atoms with E-state index in [4.69, 9.17) is 10.8 Å². The van der Waals surface area contributed by atoms with Crippen LogP contribution in [-0.4, -0.2) is 39.8 Å². The number of unbranched alkanes of at least 4 members (excludes halogenated alkanes) is 7. The lowest BCUT2D eigenvalue weighted by Crippen LogP contribution is -2.34. The minimum absolute atomic E-state index is 0.0407. The van der Waals surface area contributed by atoms with Crippen molar-refractivity contribution < 1.29 is 19.9 Å². The first-order valence-electron chi connectivity index (χ1n) is 7.96. The smallest absolute Gasteiger partial charge is 0.320 e. The summed E-state index contributed by atoms with van der Waals surface area (Å²) in [4.78, 5) is 22.0. The van der Waals surface area contributed by atoms with Crippen LogP contribution in [0.4, 0.5) is 0 Å². The molecule has 124 valence electrons. The number of carboxylic acid groups (broad SMARTS) is 1. The highest BCUT2D eigenvalue weighted by Gasteiger charge is 2.16. The SMILES string of the molecule is CCCCCCCCCCN(O)C(=O)CC[C@H](N)C(=O)O. The number of hydroxylamine groups is 2. The molecule has 0 aliphatic rings. The van der Waals surface area contributed by atoms with E-state index in [-0.39, 0.29) is 12.8 Å². The summed E-state index contributed by atoms with van der Waals surface area (Å²) in [6, 6.07) is -1.05. The van der Waals surface area contributed by atoms with Crippen LogP contribution >= 0.6 is 0 Å². The van der Waals surface area contributed by atoms with Gasteiger partial charge >= 0.3 is 5.97 Å². The fraction of sp³-hybridized carbons (Fsp3) is 0.867. The van der Waals surface area contributed by atoms with Crippen LogP contribution in [0, 0.1) is 0 Å². The molecule has 0 saturated heterocycles. The lowest BCUT2D eigenvalue weighted by molar-refractivity contribution is -0.165. The van der Waals surface area contributed by atoms with Crippen LogP contribution < -0.4 is 5.73 Å². The van der Waals surface area contributed by atoms with Gasteiger partial charge in [-0.2, -0.15) is 0 Å². The molecule has 0 rings (SSSR count). The van der Waals surface area contributed by atoms with Crippen molar-refractivity contribution in [1.29, 1.82) is 0 Å². The average molecular weight is 302 g/mol. The minimum Gasteiger partial charge on any atom is -0.480 e. The summed E-state index contributed by atoms with van der Waals surface area (Å²) in [7, 11) is 0. The van der Waals surface area contributed by atoms with Gasteiger partial charge in [0, 0.05) is 13.0 Å². The van der Waals surface area contributed by atoms with Crippen molar-refractivity contribution in [1.82, 2.24) is 5.06 Å². The topological polar surface area (TPSA) is 104 Å². The molecule has 0 spiro atoms. The third-order valence-electron chi connectivity index (χ3n) is 3.50. The monoisotopic (exact) mass is 302 g/mol. The molecule has 0 aromatic heterocycles. The van der Waals surface area contributed by atoms with Crippen LogP contribution in [0.15, 0.2) is 0 Å². The molecule has 0 saturated carbocycles. The number of carboxylic acids is 1. The Bertz CT molecular complexity index is 297. The zero-order valence-electron chi connectivity index (χ0n) is 13.1. The molecule has 0 aliphatic carbocycles. The molecule has 0 heterocycles. The van der Waals surface area contributed by atoms with E-state index >= 15 is 0 Å². The molecule has 0 aromatic rings. The van der Waals surface area contributed by atoms with E-state index in [9.17, 15) is 14.8 Å². The Morgan fingerprint density at radius 1 is 1.05 bits per heavy atom. The summed E-state index contributed by atoms with van der Waals surface area (Å²) in [6.45, 7) is 2.49. The van der Waals surface area contributed by atoms with E-state index < -0.39 is 17.9 Å². The van der Waals surface area contributed by atoms with Crippen molar-refractivity contribution in [3.8, 4) is 0 Å². The Kier molecular flexibility index (Phi) is 11.9. The third-order valence-corrected chi connectivity index (χ3v) is 3.50. The second-order valence-corrected chi connectivity index (χ2v) is 5.48. The van der Waals surface area contributed by atoms with Gasteiger partial charge in [-0.25, -0.2) is 5.06 Å². The summed E-state index contributed by atoms with van der Waals surface area (Å²) in [5, 5.41) is 18.8. The molecular weight excluding hydrogens is 272 g/mol. The predicted molar refractivity (Wildman–Crippen MR) is 81.0 cm³/mol. The zero-order valence-corrected chi connectivity index (χ0v) is 13.1. The van der Waals surface area contributed by atoms with Gasteiger partial charge in [0.1, 0.15) is 6.04 Å². The molecule has 1 atom stereocenters. The molecule has 0 bridgehead atoms. The number of nitrogens with two attached hydrogens (primary N) is 1. The highest BCUT2D eigenvalue weighted by Crippen LogP contribution is 2.09. The number of hydrogen-bond acceptors (Lipinski definition) is 4. The Labute approximate surface area is 127 Å². The molecule has 0 fully saturated rings. The summed E-state index contributed by atoms with van der Waals surface area (Å²) < 4.78 is 0. The first-order valence-corrected chi connectivity index (χ1v) is 7.96. The van der Waals surface area contributed by atoms with Gasteiger partial charge in [0.2, 0.25) is 5.91 Å². The van der Waals surface area contributed by atoms with Gasteiger partial charge in [-0.3, -0.25) is 14.8 Å². The van der Waals surface area contributed by atoms with Crippen LogP contribution in [0.25, 0.3) is 0 Å². The lowest BCUT2D eigenvalue weighted by atomic mass is 10.1. The van der Waals surface area contributed by atoms with Gasteiger partial charge in [-0.05, 0) is 12.8 Å². The Hall–Kier alpha value is -1.14. The maximum absolute atomic E-state index is 11.5. The summed E-state index contributed by atoms with van der Waals surface area (Å²) >= 11 is 0. The Balaban J connectivity index is 3.53.